The number of nitrogens with one attached hydrogen (secondary N) is 2. The van der Waals surface area contributed by atoms with Crippen molar-refractivity contribution in [1.82, 2.24) is 0 Å². The van der Waals surface area contributed by atoms with E-state index < -0.39 is 17.6 Å². The van der Waals surface area contributed by atoms with Crippen molar-refractivity contribution in [2.75, 3.05) is 17.7 Å². The van der Waals surface area contributed by atoms with Crippen molar-refractivity contribution in [3.63, 3.8) is 0 Å². The number of alkyl halides is 3. The maximum atomic E-state index is 13.2. The molecule has 3 rings (SSSR count). The van der Waals surface area contributed by atoms with Gasteiger partial charge in [0, 0.05) is 18.4 Å². The maximum Gasteiger partial charge on any atom is 0.416 e. The Kier molecular flexibility index (Phi) is 8.87. The van der Waals surface area contributed by atoms with Crippen molar-refractivity contribution in [2.24, 2.45) is 0 Å². The average Bonchev–Trinajstić information content (AvgIpc) is 2.78. The minimum absolute atomic E-state index is 0.0273. The smallest absolute Gasteiger partial charge is 0.400 e. The molecule has 0 bridgehead atoms. The number of hydrogen-bond donors (Lipinski definition) is 3. The van der Waals surface area contributed by atoms with E-state index in [9.17, 15) is 22.8 Å². The number of aliphatic hydroxyl groups excluding tert-OH is 1. The second-order valence-electron chi connectivity index (χ2n) is 6.67. The summed E-state index contributed by atoms with van der Waals surface area (Å²) >= 11 is 11.8. The summed E-state index contributed by atoms with van der Waals surface area (Å²) in [7, 11) is 1.00. The van der Waals surface area contributed by atoms with Crippen LogP contribution in [0.25, 0.3) is 0 Å². The molecule has 3 N–H and O–H groups in total. The lowest BCUT2D eigenvalue weighted by Crippen LogP contribution is -2.16. The molecule has 0 aliphatic carbocycles. The predicted octanol–water partition coefficient (Wildman–Crippen LogP) is 6.74. The van der Waals surface area contributed by atoms with Gasteiger partial charge in [-0.15, -0.1) is 0 Å². The summed E-state index contributed by atoms with van der Waals surface area (Å²) in [6, 6.07) is 12.5. The number of rotatable bonds is 5. The summed E-state index contributed by atoms with van der Waals surface area (Å²) in [6.45, 7) is 1.90. The first-order valence-corrected chi connectivity index (χ1v) is 10.1. The second kappa shape index (κ2) is 11.2. The molecule has 10 heteroatoms. The Hall–Kier alpha value is -3.07. The quantitative estimate of drug-likeness (QED) is 0.340. The number of aryl methyl sites for hydroxylation is 1. The average molecular weight is 499 g/mol. The van der Waals surface area contributed by atoms with Gasteiger partial charge in [-0.05, 0) is 49.4 Å². The molecule has 0 heterocycles. The first-order valence-electron chi connectivity index (χ1n) is 9.33. The Morgan fingerprint density at radius 3 is 2.12 bits per heavy atom. The van der Waals surface area contributed by atoms with Crippen molar-refractivity contribution in [3.05, 3.63) is 86.9 Å². The fourth-order valence-corrected chi connectivity index (χ4v) is 3.11. The van der Waals surface area contributed by atoms with E-state index in [2.05, 4.69) is 10.6 Å². The highest BCUT2D eigenvalue weighted by Crippen LogP contribution is 2.36. The molecule has 0 aliphatic rings. The van der Waals surface area contributed by atoms with Crippen LogP contribution < -0.4 is 10.6 Å². The minimum atomic E-state index is -4.61. The Balaban J connectivity index is 0.00000187. The minimum Gasteiger partial charge on any atom is -0.400 e. The molecule has 0 aliphatic heterocycles. The lowest BCUT2D eigenvalue weighted by Gasteiger charge is -2.17. The van der Waals surface area contributed by atoms with Crippen LogP contribution in [-0.2, 0) is 6.18 Å². The molecule has 33 heavy (non-hydrogen) atoms. The highest BCUT2D eigenvalue weighted by atomic mass is 35.5. The summed E-state index contributed by atoms with van der Waals surface area (Å²) in [6.07, 6.45) is -4.20. The zero-order chi connectivity index (χ0) is 24.8. The standard InChI is InChI=1S/C22H15Cl2F3N2O2.CH4O/c1-12-2-5-15(6-3-12)28-19-7-4-14(22(25,26)27)9-20(19)29-21(31)16-10-18(24)17(23)8-13(16)11-30;1-2/h2-11,28H,1H3,(H,29,31);2H,1H3. The van der Waals surface area contributed by atoms with Gasteiger partial charge < -0.3 is 15.7 Å². The first kappa shape index (κ1) is 26.2. The number of carbonyl (C=O) groups excluding carboxylic acids is 2. The molecule has 3 aromatic carbocycles. The summed E-state index contributed by atoms with van der Waals surface area (Å²) in [5, 5.41) is 12.5. The van der Waals surface area contributed by atoms with Gasteiger partial charge in [-0.25, -0.2) is 0 Å². The van der Waals surface area contributed by atoms with Crippen LogP contribution in [0.5, 0.6) is 0 Å². The predicted molar refractivity (Wildman–Crippen MR) is 124 cm³/mol. The summed E-state index contributed by atoms with van der Waals surface area (Å²) < 4.78 is 39.7. The van der Waals surface area contributed by atoms with Gasteiger partial charge >= 0.3 is 6.18 Å². The fourth-order valence-electron chi connectivity index (χ4n) is 2.77. The molecule has 0 radical (unpaired) electrons. The second-order valence-corrected chi connectivity index (χ2v) is 7.49. The van der Waals surface area contributed by atoms with Crippen molar-refractivity contribution >= 4 is 52.5 Å². The topological polar surface area (TPSA) is 78.4 Å². The van der Waals surface area contributed by atoms with E-state index in [1.165, 1.54) is 18.2 Å². The van der Waals surface area contributed by atoms with Gasteiger partial charge in [0.25, 0.3) is 5.91 Å². The monoisotopic (exact) mass is 498 g/mol. The molecule has 0 atom stereocenters. The summed E-state index contributed by atoms with van der Waals surface area (Å²) in [5.41, 5.74) is 0.620. The Labute approximate surface area is 198 Å². The lowest BCUT2D eigenvalue weighted by molar-refractivity contribution is -0.137. The normalized spacial score (nSPS) is 10.7. The number of hydrogen-bond acceptors (Lipinski definition) is 4. The van der Waals surface area contributed by atoms with Crippen LogP contribution in [0.3, 0.4) is 0 Å². The number of benzene rings is 3. The van der Waals surface area contributed by atoms with E-state index in [4.69, 9.17) is 28.3 Å². The number of aliphatic hydroxyl groups is 1. The molecule has 0 fully saturated rings. The number of halogens is 5. The van der Waals surface area contributed by atoms with E-state index in [1.807, 2.05) is 19.1 Å². The molecular weight excluding hydrogens is 480 g/mol. The van der Waals surface area contributed by atoms with Crippen LogP contribution in [-0.4, -0.2) is 24.4 Å². The maximum absolute atomic E-state index is 13.2. The molecule has 0 spiro atoms. The van der Waals surface area contributed by atoms with Crippen molar-refractivity contribution in [3.8, 4) is 0 Å². The molecule has 0 saturated carbocycles. The fraction of sp³-hybridized carbons (Fsp3) is 0.130. The highest BCUT2D eigenvalue weighted by Gasteiger charge is 2.31. The molecular formula is C23H19Cl2F3N2O3. The molecule has 174 valence electrons. The summed E-state index contributed by atoms with van der Waals surface area (Å²) in [5.74, 6) is -0.813. The van der Waals surface area contributed by atoms with Crippen molar-refractivity contribution in [2.45, 2.75) is 13.1 Å². The van der Waals surface area contributed by atoms with E-state index in [0.717, 1.165) is 24.8 Å². The molecule has 5 nitrogen and oxygen atoms in total. The number of aldehydes is 1. The van der Waals surface area contributed by atoms with Crippen molar-refractivity contribution < 1.29 is 27.9 Å². The van der Waals surface area contributed by atoms with Gasteiger partial charge in [0.2, 0.25) is 0 Å². The van der Waals surface area contributed by atoms with E-state index in [1.54, 1.807) is 12.1 Å². The Morgan fingerprint density at radius 1 is 0.939 bits per heavy atom. The van der Waals surface area contributed by atoms with Gasteiger partial charge in [0.05, 0.1) is 32.5 Å². The van der Waals surface area contributed by atoms with Gasteiger partial charge in [0.15, 0.2) is 6.29 Å². The zero-order valence-electron chi connectivity index (χ0n) is 17.4. The third-order valence-electron chi connectivity index (χ3n) is 4.39. The molecule has 0 saturated heterocycles. The third kappa shape index (κ3) is 6.71. The Morgan fingerprint density at radius 2 is 1.55 bits per heavy atom. The van der Waals surface area contributed by atoms with E-state index >= 15 is 0 Å². The number of carbonyl (C=O) groups is 2. The van der Waals surface area contributed by atoms with E-state index in [-0.39, 0.29) is 32.5 Å². The Bertz CT molecular complexity index is 1150. The van der Waals surface area contributed by atoms with Crippen molar-refractivity contribution in [1.29, 1.82) is 0 Å². The molecule has 3 aromatic rings. The van der Waals surface area contributed by atoms with Crippen LogP contribution in [0.1, 0.15) is 31.8 Å². The zero-order valence-corrected chi connectivity index (χ0v) is 18.9. The summed E-state index contributed by atoms with van der Waals surface area (Å²) in [4.78, 5) is 24.1. The van der Waals surface area contributed by atoms with Gasteiger partial charge in [-0.1, -0.05) is 40.9 Å². The third-order valence-corrected chi connectivity index (χ3v) is 5.11. The van der Waals surface area contributed by atoms with Gasteiger partial charge in [0.1, 0.15) is 0 Å². The molecule has 0 unspecified atom stereocenters. The first-order chi connectivity index (χ1) is 15.6. The van der Waals surface area contributed by atoms with Crippen LogP contribution in [0.4, 0.5) is 30.2 Å². The largest absolute Gasteiger partial charge is 0.416 e. The van der Waals surface area contributed by atoms with Gasteiger partial charge in [-0.2, -0.15) is 13.2 Å². The molecule has 1 amide bonds. The van der Waals surface area contributed by atoms with Crippen LogP contribution in [0, 0.1) is 6.92 Å². The number of amides is 1. The number of anilines is 3. The van der Waals surface area contributed by atoms with Crippen LogP contribution >= 0.6 is 23.2 Å². The molecule has 0 aromatic heterocycles. The van der Waals surface area contributed by atoms with E-state index in [0.29, 0.717) is 12.0 Å². The van der Waals surface area contributed by atoms with Crippen LogP contribution in [0.2, 0.25) is 10.0 Å². The van der Waals surface area contributed by atoms with Gasteiger partial charge in [-0.3, -0.25) is 9.59 Å². The SMILES string of the molecule is CO.Cc1ccc(Nc2ccc(C(F)(F)F)cc2NC(=O)c2cc(Cl)c(Cl)cc2C=O)cc1. The van der Waals surface area contributed by atoms with Crippen LogP contribution in [0.15, 0.2) is 54.6 Å². The lowest BCUT2D eigenvalue weighted by atomic mass is 10.1. The highest BCUT2D eigenvalue weighted by molar-refractivity contribution is 6.42.